The van der Waals surface area contributed by atoms with Crippen LogP contribution in [0.4, 0.5) is 10.5 Å². The van der Waals surface area contributed by atoms with E-state index in [1.165, 1.54) is 0 Å². The van der Waals surface area contributed by atoms with E-state index in [4.69, 9.17) is 4.74 Å². The number of unbranched alkanes of at least 4 members (excludes halogenated alkanes) is 1. The number of ether oxygens (including phenoxy) is 1. The molecule has 6 heteroatoms. The highest BCUT2D eigenvalue weighted by Crippen LogP contribution is 2.29. The fraction of sp³-hybridized carbons (Fsp3) is 0.556. The Labute approximate surface area is 142 Å². The zero-order valence-electron chi connectivity index (χ0n) is 14.4. The van der Waals surface area contributed by atoms with Gasteiger partial charge < -0.3 is 15.0 Å². The van der Waals surface area contributed by atoms with E-state index >= 15 is 0 Å². The molecule has 1 saturated heterocycles. The molecule has 6 nitrogen and oxygen atoms in total. The van der Waals surface area contributed by atoms with Gasteiger partial charge in [0.25, 0.3) is 0 Å². The molecule has 2 fully saturated rings. The summed E-state index contributed by atoms with van der Waals surface area (Å²) in [6.07, 6.45) is 4.23. The maximum absolute atomic E-state index is 12.4. The minimum atomic E-state index is -0.228. The normalized spacial score (nSPS) is 17.3. The van der Waals surface area contributed by atoms with Gasteiger partial charge in [-0.25, -0.2) is 4.79 Å². The van der Waals surface area contributed by atoms with Crippen molar-refractivity contribution in [2.75, 3.05) is 25.1 Å². The van der Waals surface area contributed by atoms with E-state index in [-0.39, 0.29) is 18.5 Å². The average molecular weight is 331 g/mol. The molecule has 1 aromatic carbocycles. The van der Waals surface area contributed by atoms with Gasteiger partial charge in [-0.15, -0.1) is 0 Å². The summed E-state index contributed by atoms with van der Waals surface area (Å²) < 4.78 is 5.67. The van der Waals surface area contributed by atoms with E-state index in [0.29, 0.717) is 19.3 Å². The van der Waals surface area contributed by atoms with Crippen molar-refractivity contribution < 1.29 is 14.3 Å². The molecule has 1 N–H and O–H groups in total. The van der Waals surface area contributed by atoms with Crippen molar-refractivity contribution in [3.8, 4) is 5.75 Å². The summed E-state index contributed by atoms with van der Waals surface area (Å²) in [7, 11) is 0. The van der Waals surface area contributed by atoms with Crippen molar-refractivity contribution in [2.24, 2.45) is 0 Å². The summed E-state index contributed by atoms with van der Waals surface area (Å²) in [6.45, 7) is 5.33. The lowest BCUT2D eigenvalue weighted by molar-refractivity contribution is -0.127. The number of hydrogen-bond donors (Lipinski definition) is 1. The van der Waals surface area contributed by atoms with Crippen molar-refractivity contribution >= 4 is 17.6 Å². The molecule has 0 spiro atoms. The van der Waals surface area contributed by atoms with Gasteiger partial charge in [-0.3, -0.25) is 9.69 Å². The average Bonchev–Trinajstić information content (AvgIpc) is 3.32. The lowest BCUT2D eigenvalue weighted by atomic mass is 10.2. The van der Waals surface area contributed by atoms with Gasteiger partial charge in [0, 0.05) is 11.7 Å². The molecule has 0 radical (unpaired) electrons. The zero-order chi connectivity index (χ0) is 17.1. The molecule has 3 amide bonds. The molecule has 0 atom stereocenters. The van der Waals surface area contributed by atoms with Gasteiger partial charge in [0.2, 0.25) is 5.91 Å². The summed E-state index contributed by atoms with van der Waals surface area (Å²) in [5, 5.41) is 2.90. The van der Waals surface area contributed by atoms with Crippen molar-refractivity contribution in [2.45, 2.75) is 45.6 Å². The maximum atomic E-state index is 12.4. The number of urea groups is 1. The van der Waals surface area contributed by atoms with E-state index in [9.17, 15) is 9.59 Å². The molecule has 0 unspecified atom stereocenters. The Morgan fingerprint density at radius 1 is 1.38 bits per heavy atom. The Kier molecular flexibility index (Phi) is 4.92. The molecular weight excluding hydrogens is 306 g/mol. The number of rotatable bonds is 6. The molecule has 130 valence electrons. The minimum Gasteiger partial charge on any atom is -0.494 e. The highest BCUT2D eigenvalue weighted by atomic mass is 16.5. The van der Waals surface area contributed by atoms with Gasteiger partial charge in [-0.2, -0.15) is 0 Å². The van der Waals surface area contributed by atoms with E-state index in [2.05, 4.69) is 12.2 Å². The van der Waals surface area contributed by atoms with Crippen LogP contribution >= 0.6 is 0 Å². The highest BCUT2D eigenvalue weighted by Gasteiger charge is 2.39. The van der Waals surface area contributed by atoms with Crippen molar-refractivity contribution in [3.63, 3.8) is 0 Å². The Morgan fingerprint density at radius 3 is 2.83 bits per heavy atom. The first-order chi connectivity index (χ1) is 11.6. The van der Waals surface area contributed by atoms with Crippen LogP contribution in [0.1, 0.15) is 38.2 Å². The van der Waals surface area contributed by atoms with Crippen LogP contribution in [0.15, 0.2) is 18.2 Å². The van der Waals surface area contributed by atoms with Gasteiger partial charge in [0.05, 0.1) is 13.3 Å². The molecule has 1 heterocycles. The molecule has 0 aromatic heterocycles. The van der Waals surface area contributed by atoms with Crippen LogP contribution in [-0.2, 0) is 4.79 Å². The Morgan fingerprint density at radius 2 is 2.17 bits per heavy atom. The third kappa shape index (κ3) is 3.80. The molecule has 24 heavy (non-hydrogen) atoms. The fourth-order valence-corrected chi connectivity index (χ4v) is 2.80. The second kappa shape index (κ2) is 7.11. The number of nitrogens with zero attached hydrogens (tertiary/aromatic N) is 2. The Bertz CT molecular complexity index is 628. The Hall–Kier alpha value is -2.24. The van der Waals surface area contributed by atoms with E-state index in [1.807, 2.05) is 25.1 Å². The van der Waals surface area contributed by atoms with Crippen LogP contribution in [0.3, 0.4) is 0 Å². The summed E-state index contributed by atoms with van der Waals surface area (Å²) in [4.78, 5) is 27.7. The number of carbonyl (C=O) groups is 2. The van der Waals surface area contributed by atoms with Crippen LogP contribution in [0.5, 0.6) is 5.75 Å². The summed E-state index contributed by atoms with van der Waals surface area (Å²) >= 11 is 0. The number of anilines is 1. The third-order valence-electron chi connectivity index (χ3n) is 4.45. The Balaban J connectivity index is 1.57. The molecule has 1 saturated carbocycles. The van der Waals surface area contributed by atoms with Crippen molar-refractivity contribution in [1.29, 1.82) is 0 Å². The van der Waals surface area contributed by atoms with Crippen LogP contribution in [0, 0.1) is 6.92 Å². The maximum Gasteiger partial charge on any atom is 0.323 e. The second-order valence-corrected chi connectivity index (χ2v) is 6.54. The molecule has 0 bridgehead atoms. The van der Waals surface area contributed by atoms with Crippen LogP contribution in [0.2, 0.25) is 0 Å². The van der Waals surface area contributed by atoms with E-state index in [1.54, 1.807) is 9.80 Å². The van der Waals surface area contributed by atoms with Crippen molar-refractivity contribution in [3.05, 3.63) is 23.8 Å². The van der Waals surface area contributed by atoms with Crippen LogP contribution in [-0.4, -0.2) is 47.6 Å². The SMILES string of the molecule is CCCCOc1ccc(NC(=O)N2CC(=O)N(C3CC3)C2)c(C)c1. The first-order valence-corrected chi connectivity index (χ1v) is 8.67. The van der Waals surface area contributed by atoms with Crippen LogP contribution in [0.25, 0.3) is 0 Å². The minimum absolute atomic E-state index is 0.0454. The van der Waals surface area contributed by atoms with E-state index in [0.717, 1.165) is 42.7 Å². The lowest BCUT2D eigenvalue weighted by Crippen LogP contribution is -2.35. The number of carbonyl (C=O) groups excluding carboxylic acids is 2. The second-order valence-electron chi connectivity index (χ2n) is 6.54. The quantitative estimate of drug-likeness (QED) is 0.815. The first-order valence-electron chi connectivity index (χ1n) is 8.67. The van der Waals surface area contributed by atoms with Crippen LogP contribution < -0.4 is 10.1 Å². The largest absolute Gasteiger partial charge is 0.494 e. The summed E-state index contributed by atoms with van der Waals surface area (Å²) in [5.74, 6) is 0.860. The van der Waals surface area contributed by atoms with Gasteiger partial charge in [0.1, 0.15) is 12.3 Å². The van der Waals surface area contributed by atoms with E-state index < -0.39 is 0 Å². The summed E-state index contributed by atoms with van der Waals surface area (Å²) in [5.41, 5.74) is 1.70. The standard InChI is InChI=1S/C18H25N3O3/c1-3-4-9-24-15-7-8-16(13(2)10-15)19-18(23)20-11-17(22)21(12-20)14-5-6-14/h7-8,10,14H,3-6,9,11-12H2,1-2H3,(H,19,23). The molecule has 1 aromatic rings. The third-order valence-corrected chi connectivity index (χ3v) is 4.45. The zero-order valence-corrected chi connectivity index (χ0v) is 14.4. The number of amides is 3. The molecule has 2 aliphatic rings. The van der Waals surface area contributed by atoms with Gasteiger partial charge in [-0.05, 0) is 49.9 Å². The predicted octanol–water partition coefficient (Wildman–Crippen LogP) is 2.97. The number of aryl methyl sites for hydroxylation is 1. The highest BCUT2D eigenvalue weighted by molar-refractivity contribution is 5.94. The van der Waals surface area contributed by atoms with Crippen molar-refractivity contribution in [1.82, 2.24) is 9.80 Å². The topological polar surface area (TPSA) is 61.9 Å². The molecule has 1 aliphatic carbocycles. The number of nitrogens with one attached hydrogen (secondary N) is 1. The lowest BCUT2D eigenvalue weighted by Gasteiger charge is -2.19. The number of hydrogen-bond acceptors (Lipinski definition) is 3. The first kappa shape index (κ1) is 16.6. The smallest absolute Gasteiger partial charge is 0.323 e. The monoisotopic (exact) mass is 331 g/mol. The molecule has 3 rings (SSSR count). The number of benzene rings is 1. The van der Waals surface area contributed by atoms with Gasteiger partial charge in [-0.1, -0.05) is 13.3 Å². The fourth-order valence-electron chi connectivity index (χ4n) is 2.80. The summed E-state index contributed by atoms with van der Waals surface area (Å²) in [6, 6.07) is 5.76. The van der Waals surface area contributed by atoms with Gasteiger partial charge in [0.15, 0.2) is 0 Å². The molecule has 1 aliphatic heterocycles. The van der Waals surface area contributed by atoms with Gasteiger partial charge >= 0.3 is 6.03 Å². The predicted molar refractivity (Wildman–Crippen MR) is 92.0 cm³/mol. The molecular formula is C18H25N3O3.